The van der Waals surface area contributed by atoms with Crippen molar-refractivity contribution in [2.45, 2.75) is 5.25 Å². The van der Waals surface area contributed by atoms with Crippen LogP contribution in [0.1, 0.15) is 10.4 Å². The van der Waals surface area contributed by atoms with Crippen molar-refractivity contribution in [1.82, 2.24) is 0 Å². The molecule has 1 aromatic rings. The normalized spacial score (nSPS) is 13.4. The molecule has 0 heterocycles. The Hall–Kier alpha value is -1.40. The number of aliphatic hydroxyl groups excluding tert-OH is 1. The summed E-state index contributed by atoms with van der Waals surface area (Å²) >= 11 is 0. The number of carbonyl (C=O) groups excluding carboxylic acids is 1. The van der Waals surface area contributed by atoms with Crippen molar-refractivity contribution in [3.05, 3.63) is 29.8 Å². The van der Waals surface area contributed by atoms with E-state index in [1.54, 1.807) is 12.1 Å². The molecule has 1 atom stereocenters. The van der Waals surface area contributed by atoms with Crippen molar-refractivity contribution in [3.8, 4) is 0 Å². The molecule has 0 saturated heterocycles. The first-order valence-electron chi connectivity index (χ1n) is 4.55. The van der Waals surface area contributed by atoms with E-state index in [2.05, 4.69) is 0 Å². The summed E-state index contributed by atoms with van der Waals surface area (Å²) in [5, 5.41) is 7.51. The molecule has 1 aromatic carbocycles. The zero-order valence-corrected chi connectivity index (χ0v) is 9.57. The summed E-state index contributed by atoms with van der Waals surface area (Å²) in [4.78, 5) is 11.8. The van der Waals surface area contributed by atoms with Gasteiger partial charge in [-0.05, 0) is 12.1 Å². The molecule has 3 N–H and O–H groups in total. The van der Waals surface area contributed by atoms with Crippen LogP contribution in [0.2, 0.25) is 0 Å². The second kappa shape index (κ2) is 4.63. The minimum atomic E-state index is -3.62. The van der Waals surface area contributed by atoms with Crippen molar-refractivity contribution in [1.29, 1.82) is 0 Å². The Bertz CT molecular complexity index is 495. The summed E-state index contributed by atoms with van der Waals surface area (Å²) in [5.41, 5.74) is 6.04. The highest BCUT2D eigenvalue weighted by Crippen LogP contribution is 2.12. The highest BCUT2D eigenvalue weighted by Gasteiger charge is 2.28. The van der Waals surface area contributed by atoms with Crippen LogP contribution < -0.4 is 5.73 Å². The molecule has 6 heteroatoms. The number of Topliss-reactive ketones (excluding diaryl/α,β-unsaturated/α-hetero) is 1. The molecule has 16 heavy (non-hydrogen) atoms. The van der Waals surface area contributed by atoms with E-state index < -0.39 is 27.5 Å². The standard InChI is InChI=1S/C10H13NO4S/c1-16(14,15)9(6-12)10(13)7-3-2-4-8(11)5-7/h2-5,9,12H,6,11H2,1H3/t9-/m1/s1. The van der Waals surface area contributed by atoms with E-state index in [0.29, 0.717) is 5.69 Å². The molecule has 88 valence electrons. The number of nitrogen functional groups attached to an aromatic ring is 1. The average Bonchev–Trinajstić information content (AvgIpc) is 2.16. The Kier molecular flexibility index (Phi) is 3.66. The van der Waals surface area contributed by atoms with Crippen molar-refractivity contribution < 1.29 is 18.3 Å². The highest BCUT2D eigenvalue weighted by molar-refractivity contribution is 7.92. The molecule has 0 aliphatic rings. The van der Waals surface area contributed by atoms with E-state index in [1.165, 1.54) is 12.1 Å². The molecule has 0 aliphatic heterocycles. The SMILES string of the molecule is CS(=O)(=O)[C@H](CO)C(=O)c1cccc(N)c1. The Morgan fingerprint density at radius 3 is 2.56 bits per heavy atom. The zero-order valence-electron chi connectivity index (χ0n) is 8.75. The van der Waals surface area contributed by atoms with E-state index in [9.17, 15) is 13.2 Å². The van der Waals surface area contributed by atoms with Gasteiger partial charge >= 0.3 is 0 Å². The third-order valence-corrected chi connectivity index (χ3v) is 3.54. The van der Waals surface area contributed by atoms with E-state index in [4.69, 9.17) is 10.8 Å². The lowest BCUT2D eigenvalue weighted by atomic mass is 10.1. The van der Waals surface area contributed by atoms with Gasteiger partial charge in [-0.15, -0.1) is 0 Å². The quantitative estimate of drug-likeness (QED) is 0.566. The third-order valence-electron chi connectivity index (χ3n) is 2.15. The number of anilines is 1. The van der Waals surface area contributed by atoms with Crippen molar-refractivity contribution in [2.24, 2.45) is 0 Å². The highest BCUT2D eigenvalue weighted by atomic mass is 32.2. The number of rotatable bonds is 4. The van der Waals surface area contributed by atoms with E-state index in [0.717, 1.165) is 6.26 Å². The summed E-state index contributed by atoms with van der Waals surface area (Å²) in [7, 11) is -3.62. The molecule has 0 spiro atoms. The van der Waals surface area contributed by atoms with E-state index >= 15 is 0 Å². The van der Waals surface area contributed by atoms with Crippen LogP contribution in [0.3, 0.4) is 0 Å². The number of carbonyl (C=O) groups is 1. The maximum absolute atomic E-state index is 11.8. The first-order chi connectivity index (χ1) is 7.36. The van der Waals surface area contributed by atoms with Crippen LogP contribution in [-0.2, 0) is 9.84 Å². The largest absolute Gasteiger partial charge is 0.399 e. The van der Waals surface area contributed by atoms with Gasteiger partial charge in [0.05, 0.1) is 6.61 Å². The molecular formula is C10H13NO4S. The molecule has 0 unspecified atom stereocenters. The van der Waals surface area contributed by atoms with Gasteiger partial charge in [0, 0.05) is 17.5 Å². The average molecular weight is 243 g/mol. The van der Waals surface area contributed by atoms with Gasteiger partial charge in [0.1, 0.15) is 5.25 Å². The van der Waals surface area contributed by atoms with Gasteiger partial charge < -0.3 is 10.8 Å². The van der Waals surface area contributed by atoms with Crippen molar-refractivity contribution in [3.63, 3.8) is 0 Å². The van der Waals surface area contributed by atoms with E-state index in [-0.39, 0.29) is 5.56 Å². The first kappa shape index (κ1) is 12.7. The molecule has 0 aliphatic carbocycles. The molecule has 0 fully saturated rings. The molecule has 0 saturated carbocycles. The molecule has 0 bridgehead atoms. The van der Waals surface area contributed by atoms with Gasteiger partial charge in [0.2, 0.25) is 0 Å². The molecule has 1 rings (SSSR count). The predicted molar refractivity (Wildman–Crippen MR) is 60.9 cm³/mol. The number of sulfone groups is 1. The summed E-state index contributed by atoms with van der Waals surface area (Å²) in [5.74, 6) is -0.641. The number of hydrogen-bond acceptors (Lipinski definition) is 5. The van der Waals surface area contributed by atoms with Gasteiger partial charge in [-0.25, -0.2) is 8.42 Å². The van der Waals surface area contributed by atoms with Crippen LogP contribution in [0.15, 0.2) is 24.3 Å². The Morgan fingerprint density at radius 1 is 1.50 bits per heavy atom. The monoisotopic (exact) mass is 243 g/mol. The van der Waals surface area contributed by atoms with Gasteiger partial charge in [-0.2, -0.15) is 0 Å². The van der Waals surface area contributed by atoms with Crippen molar-refractivity contribution >= 4 is 21.3 Å². The smallest absolute Gasteiger partial charge is 0.183 e. The van der Waals surface area contributed by atoms with Crippen LogP contribution in [0.4, 0.5) is 5.69 Å². The minimum absolute atomic E-state index is 0.185. The fraction of sp³-hybridized carbons (Fsp3) is 0.300. The fourth-order valence-corrected chi connectivity index (χ4v) is 2.09. The molecule has 0 amide bonds. The second-order valence-electron chi connectivity index (χ2n) is 3.49. The van der Waals surface area contributed by atoms with Gasteiger partial charge in [0.15, 0.2) is 15.6 Å². The summed E-state index contributed by atoms with van der Waals surface area (Å²) in [6.45, 7) is -0.730. The maximum atomic E-state index is 11.8. The van der Waals surface area contributed by atoms with Crippen LogP contribution >= 0.6 is 0 Å². The summed E-state index contributed by atoms with van der Waals surface area (Å²) in [6, 6.07) is 5.99. The van der Waals surface area contributed by atoms with Crippen LogP contribution in [0, 0.1) is 0 Å². The van der Waals surface area contributed by atoms with Crippen LogP contribution in [-0.4, -0.2) is 37.4 Å². The number of benzene rings is 1. The van der Waals surface area contributed by atoms with Gasteiger partial charge in [-0.1, -0.05) is 12.1 Å². The van der Waals surface area contributed by atoms with Crippen LogP contribution in [0.5, 0.6) is 0 Å². The lowest BCUT2D eigenvalue weighted by Crippen LogP contribution is -2.33. The number of ketones is 1. The fourth-order valence-electron chi connectivity index (χ4n) is 1.29. The zero-order chi connectivity index (χ0) is 12.3. The van der Waals surface area contributed by atoms with Crippen LogP contribution in [0.25, 0.3) is 0 Å². The Balaban J connectivity index is 3.11. The van der Waals surface area contributed by atoms with E-state index in [1.807, 2.05) is 0 Å². The predicted octanol–water partition coefficient (Wildman–Crippen LogP) is -0.143. The van der Waals surface area contributed by atoms with Crippen molar-refractivity contribution in [2.75, 3.05) is 18.6 Å². The van der Waals surface area contributed by atoms with Gasteiger partial charge in [-0.3, -0.25) is 4.79 Å². The molecule has 0 aromatic heterocycles. The number of aliphatic hydroxyl groups is 1. The second-order valence-corrected chi connectivity index (χ2v) is 5.72. The molecule has 0 radical (unpaired) electrons. The Morgan fingerprint density at radius 2 is 2.12 bits per heavy atom. The first-order valence-corrected chi connectivity index (χ1v) is 6.51. The lowest BCUT2D eigenvalue weighted by Gasteiger charge is -2.11. The summed E-state index contributed by atoms with van der Waals surface area (Å²) < 4.78 is 22.5. The number of hydrogen-bond donors (Lipinski definition) is 2. The lowest BCUT2D eigenvalue weighted by molar-refractivity contribution is 0.0962. The number of nitrogens with two attached hydrogens (primary N) is 1. The minimum Gasteiger partial charge on any atom is -0.399 e. The van der Waals surface area contributed by atoms with Gasteiger partial charge in [0.25, 0.3) is 0 Å². The molecular weight excluding hydrogens is 230 g/mol. The third kappa shape index (κ3) is 2.80. The molecule has 5 nitrogen and oxygen atoms in total. The summed E-state index contributed by atoms with van der Waals surface area (Å²) in [6.07, 6.45) is 0.915. The Labute approximate surface area is 93.8 Å². The topological polar surface area (TPSA) is 97.5 Å². The maximum Gasteiger partial charge on any atom is 0.183 e.